The summed E-state index contributed by atoms with van der Waals surface area (Å²) in [5, 5.41) is 0.653. The summed E-state index contributed by atoms with van der Waals surface area (Å²) in [7, 11) is 0. The van der Waals surface area contributed by atoms with Gasteiger partial charge in [-0.15, -0.1) is 11.8 Å². The molecule has 0 fully saturated rings. The molecule has 3 rings (SSSR count). The van der Waals surface area contributed by atoms with E-state index < -0.39 is 17.3 Å². The first-order valence-corrected chi connectivity index (χ1v) is 9.62. The van der Waals surface area contributed by atoms with Gasteiger partial charge in [-0.05, 0) is 41.6 Å². The Hall–Kier alpha value is -1.70. The quantitative estimate of drug-likeness (QED) is 0.482. The molecule has 3 nitrogen and oxygen atoms in total. The van der Waals surface area contributed by atoms with Crippen LogP contribution in [0.1, 0.15) is 18.1 Å². The van der Waals surface area contributed by atoms with Crippen molar-refractivity contribution >= 4 is 45.9 Å². The zero-order valence-electron chi connectivity index (χ0n) is 14.0. The van der Waals surface area contributed by atoms with Crippen LogP contribution in [-0.4, -0.2) is 15.3 Å². The number of benzene rings is 2. The van der Waals surface area contributed by atoms with Crippen LogP contribution in [0, 0.1) is 0 Å². The average molecular weight is 433 g/mol. The number of alkyl halides is 3. The lowest BCUT2D eigenvalue weighted by Crippen LogP contribution is -2.22. The lowest BCUT2D eigenvalue weighted by molar-refractivity contribution is -0.137. The Bertz CT molecular complexity index is 1070. The van der Waals surface area contributed by atoms with Gasteiger partial charge in [-0.2, -0.15) is 13.2 Å². The van der Waals surface area contributed by atoms with E-state index in [1.807, 2.05) is 6.92 Å². The van der Waals surface area contributed by atoms with Crippen molar-refractivity contribution in [3.05, 3.63) is 68.2 Å². The standard InChI is InChI=1S/C18H13Cl2F3N2OS/c1-2-27-16-7-14(20)13(19)5-10(16)8-25-9-24-15-4-3-11(18(21,22)23)6-12(15)17(25)26/h3-7,9H,2,8H2,1H3. The molecule has 2 aromatic carbocycles. The maximum Gasteiger partial charge on any atom is 0.416 e. The first kappa shape index (κ1) is 20.0. The van der Waals surface area contributed by atoms with Gasteiger partial charge in [-0.3, -0.25) is 9.36 Å². The predicted octanol–water partition coefficient (Wildman–Crippen LogP) is 5.88. The summed E-state index contributed by atoms with van der Waals surface area (Å²) in [4.78, 5) is 17.7. The van der Waals surface area contributed by atoms with Crippen molar-refractivity contribution in [1.82, 2.24) is 9.55 Å². The van der Waals surface area contributed by atoms with E-state index >= 15 is 0 Å². The highest BCUT2D eigenvalue weighted by atomic mass is 35.5. The molecule has 0 radical (unpaired) electrons. The number of hydrogen-bond acceptors (Lipinski definition) is 3. The van der Waals surface area contributed by atoms with Crippen LogP contribution in [0.2, 0.25) is 10.0 Å². The van der Waals surface area contributed by atoms with E-state index in [2.05, 4.69) is 4.98 Å². The Morgan fingerprint density at radius 2 is 1.85 bits per heavy atom. The second-order valence-electron chi connectivity index (χ2n) is 5.71. The second-order valence-corrected chi connectivity index (χ2v) is 7.83. The van der Waals surface area contributed by atoms with Crippen molar-refractivity contribution in [3.63, 3.8) is 0 Å². The van der Waals surface area contributed by atoms with Gasteiger partial charge in [0.05, 0.1) is 39.4 Å². The van der Waals surface area contributed by atoms with Gasteiger partial charge in [0.15, 0.2) is 0 Å². The minimum atomic E-state index is -4.53. The monoisotopic (exact) mass is 432 g/mol. The van der Waals surface area contributed by atoms with Gasteiger partial charge in [0.25, 0.3) is 5.56 Å². The molecule has 0 spiro atoms. The highest BCUT2D eigenvalue weighted by molar-refractivity contribution is 7.99. The van der Waals surface area contributed by atoms with Gasteiger partial charge in [0.2, 0.25) is 0 Å². The molecule has 1 heterocycles. The molecule has 0 aliphatic rings. The van der Waals surface area contributed by atoms with Crippen molar-refractivity contribution in [3.8, 4) is 0 Å². The summed E-state index contributed by atoms with van der Waals surface area (Å²) in [6, 6.07) is 6.31. The number of halogens is 5. The molecule has 0 aliphatic carbocycles. The van der Waals surface area contributed by atoms with Crippen LogP contribution >= 0.6 is 35.0 Å². The van der Waals surface area contributed by atoms with Crippen LogP contribution in [0.15, 0.2) is 46.3 Å². The minimum Gasteiger partial charge on any atom is -0.294 e. The van der Waals surface area contributed by atoms with E-state index in [1.54, 1.807) is 12.1 Å². The van der Waals surface area contributed by atoms with Gasteiger partial charge in [0.1, 0.15) is 0 Å². The number of hydrogen-bond donors (Lipinski definition) is 0. The molecule has 1 aromatic heterocycles. The molecule has 0 bridgehead atoms. The summed E-state index contributed by atoms with van der Waals surface area (Å²) in [5.74, 6) is 0.783. The van der Waals surface area contributed by atoms with Gasteiger partial charge in [-0.1, -0.05) is 30.1 Å². The summed E-state index contributed by atoms with van der Waals surface area (Å²) in [6.45, 7) is 2.09. The van der Waals surface area contributed by atoms with Gasteiger partial charge >= 0.3 is 6.18 Å². The molecule has 0 aliphatic heterocycles. The summed E-state index contributed by atoms with van der Waals surface area (Å²) in [5.41, 5.74) is -0.485. The molecule has 0 unspecified atom stereocenters. The maximum absolute atomic E-state index is 13.0. The summed E-state index contributed by atoms with van der Waals surface area (Å²) in [6.07, 6.45) is -3.21. The smallest absolute Gasteiger partial charge is 0.294 e. The summed E-state index contributed by atoms with van der Waals surface area (Å²) < 4.78 is 40.1. The maximum atomic E-state index is 13.0. The molecular weight excluding hydrogens is 420 g/mol. The van der Waals surface area contributed by atoms with Crippen LogP contribution in [0.4, 0.5) is 13.2 Å². The Morgan fingerprint density at radius 1 is 1.15 bits per heavy atom. The molecule has 142 valence electrons. The zero-order chi connectivity index (χ0) is 19.8. The minimum absolute atomic E-state index is 0.0860. The molecule has 3 aromatic rings. The van der Waals surface area contributed by atoms with Crippen molar-refractivity contribution in [1.29, 1.82) is 0 Å². The number of fused-ring (bicyclic) bond motifs is 1. The van der Waals surface area contributed by atoms with Crippen molar-refractivity contribution < 1.29 is 13.2 Å². The van der Waals surface area contributed by atoms with E-state index in [1.165, 1.54) is 28.7 Å². The molecule has 0 saturated heterocycles. The van der Waals surface area contributed by atoms with Crippen molar-refractivity contribution in [2.24, 2.45) is 0 Å². The Labute approximate surface area is 167 Å². The van der Waals surface area contributed by atoms with Crippen LogP contribution in [-0.2, 0) is 12.7 Å². The largest absolute Gasteiger partial charge is 0.416 e. The molecule has 0 saturated carbocycles. The third kappa shape index (κ3) is 4.25. The molecule has 27 heavy (non-hydrogen) atoms. The van der Waals surface area contributed by atoms with Crippen LogP contribution in [0.5, 0.6) is 0 Å². The fourth-order valence-electron chi connectivity index (χ4n) is 2.61. The van der Waals surface area contributed by atoms with Crippen molar-refractivity contribution in [2.45, 2.75) is 24.5 Å². The molecule has 0 atom stereocenters. The summed E-state index contributed by atoms with van der Waals surface area (Å²) >= 11 is 13.7. The topological polar surface area (TPSA) is 34.9 Å². The Kier molecular flexibility index (Phi) is 5.74. The van der Waals surface area contributed by atoms with Crippen molar-refractivity contribution in [2.75, 3.05) is 5.75 Å². The normalized spacial score (nSPS) is 11.9. The highest BCUT2D eigenvalue weighted by Crippen LogP contribution is 2.33. The Morgan fingerprint density at radius 3 is 2.52 bits per heavy atom. The number of thioether (sulfide) groups is 1. The van der Waals surface area contributed by atoms with E-state index in [-0.39, 0.29) is 17.4 Å². The fraction of sp³-hybridized carbons (Fsp3) is 0.222. The highest BCUT2D eigenvalue weighted by Gasteiger charge is 2.30. The van der Waals surface area contributed by atoms with E-state index in [0.717, 1.165) is 28.3 Å². The third-order valence-electron chi connectivity index (χ3n) is 3.90. The number of aromatic nitrogens is 2. The zero-order valence-corrected chi connectivity index (χ0v) is 16.3. The number of rotatable bonds is 4. The SMILES string of the molecule is CCSc1cc(Cl)c(Cl)cc1Cn1cnc2ccc(C(F)(F)F)cc2c1=O. The first-order chi connectivity index (χ1) is 12.7. The molecular formula is C18H13Cl2F3N2OS. The Balaban J connectivity index is 2.09. The van der Waals surface area contributed by atoms with Crippen LogP contribution in [0.3, 0.4) is 0 Å². The van der Waals surface area contributed by atoms with E-state index in [9.17, 15) is 18.0 Å². The van der Waals surface area contributed by atoms with Gasteiger partial charge in [-0.25, -0.2) is 4.98 Å². The lowest BCUT2D eigenvalue weighted by atomic mass is 10.1. The fourth-order valence-corrected chi connectivity index (χ4v) is 3.85. The molecule has 0 N–H and O–H groups in total. The lowest BCUT2D eigenvalue weighted by Gasteiger charge is -2.13. The van der Waals surface area contributed by atoms with Gasteiger partial charge in [0, 0.05) is 4.90 Å². The van der Waals surface area contributed by atoms with Crippen LogP contribution < -0.4 is 5.56 Å². The first-order valence-electron chi connectivity index (χ1n) is 7.88. The molecule has 9 heteroatoms. The molecule has 0 amide bonds. The average Bonchev–Trinajstić information content (AvgIpc) is 2.60. The van der Waals surface area contributed by atoms with E-state index in [4.69, 9.17) is 23.2 Å². The van der Waals surface area contributed by atoms with Gasteiger partial charge < -0.3 is 0 Å². The third-order valence-corrected chi connectivity index (χ3v) is 5.60. The van der Waals surface area contributed by atoms with Crippen LogP contribution in [0.25, 0.3) is 10.9 Å². The van der Waals surface area contributed by atoms with E-state index in [0.29, 0.717) is 10.0 Å². The predicted molar refractivity (Wildman–Crippen MR) is 103 cm³/mol. The second kappa shape index (κ2) is 7.73. The number of nitrogens with zero attached hydrogens (tertiary/aromatic N) is 2.